The summed E-state index contributed by atoms with van der Waals surface area (Å²) in [6.07, 6.45) is 3.92. The summed E-state index contributed by atoms with van der Waals surface area (Å²) in [5.74, 6) is 0. The van der Waals surface area contributed by atoms with Crippen LogP contribution >= 0.6 is 0 Å². The number of benzene rings is 1. The van der Waals surface area contributed by atoms with E-state index in [-0.39, 0.29) is 5.54 Å². The molecule has 0 aliphatic carbocycles. The second-order valence-corrected chi connectivity index (χ2v) is 6.18. The quantitative estimate of drug-likeness (QED) is 0.913. The summed E-state index contributed by atoms with van der Waals surface area (Å²) < 4.78 is 1.92. The average Bonchev–Trinajstić information content (AvgIpc) is 2.73. The second kappa shape index (κ2) is 5.17. The zero-order valence-corrected chi connectivity index (χ0v) is 12.5. The van der Waals surface area contributed by atoms with Gasteiger partial charge >= 0.3 is 0 Å². The number of hydrogen-bond donors (Lipinski definition) is 1. The Bertz CT molecular complexity index is 562. The van der Waals surface area contributed by atoms with Gasteiger partial charge in [0.2, 0.25) is 0 Å². The van der Waals surface area contributed by atoms with E-state index in [0.717, 1.165) is 12.2 Å². The summed E-state index contributed by atoms with van der Waals surface area (Å²) in [6.45, 7) is 11.7. The van der Waals surface area contributed by atoms with Gasteiger partial charge in [-0.1, -0.05) is 6.07 Å². The summed E-state index contributed by atoms with van der Waals surface area (Å²) in [6, 6.07) is 6.49. The Kier molecular flexibility index (Phi) is 3.76. The third kappa shape index (κ3) is 3.67. The Morgan fingerprint density at radius 3 is 2.47 bits per heavy atom. The molecular formula is C16H23N3. The molecule has 0 radical (unpaired) electrons. The molecule has 1 N–H and O–H groups in total. The second-order valence-electron chi connectivity index (χ2n) is 6.18. The first-order valence-corrected chi connectivity index (χ1v) is 6.71. The molecule has 19 heavy (non-hydrogen) atoms. The highest BCUT2D eigenvalue weighted by atomic mass is 15.3. The summed E-state index contributed by atoms with van der Waals surface area (Å²) in [7, 11) is 0. The highest BCUT2D eigenvalue weighted by Crippen LogP contribution is 2.15. The molecule has 0 aliphatic rings. The van der Waals surface area contributed by atoms with Gasteiger partial charge in [0.15, 0.2) is 0 Å². The van der Waals surface area contributed by atoms with Crippen molar-refractivity contribution in [2.75, 3.05) is 0 Å². The number of aryl methyl sites for hydroxylation is 2. The summed E-state index contributed by atoms with van der Waals surface area (Å²) in [5, 5.41) is 7.86. The molecule has 0 atom stereocenters. The lowest BCUT2D eigenvalue weighted by Gasteiger charge is -2.21. The zero-order valence-electron chi connectivity index (χ0n) is 12.5. The van der Waals surface area contributed by atoms with Crippen LogP contribution in [0.25, 0.3) is 5.69 Å². The third-order valence-electron chi connectivity index (χ3n) is 3.11. The molecule has 0 aliphatic heterocycles. The van der Waals surface area contributed by atoms with Gasteiger partial charge in [-0.15, -0.1) is 0 Å². The maximum Gasteiger partial charge on any atom is 0.0648 e. The summed E-state index contributed by atoms with van der Waals surface area (Å²) in [4.78, 5) is 0. The van der Waals surface area contributed by atoms with Crippen LogP contribution in [0.4, 0.5) is 0 Å². The lowest BCUT2D eigenvalue weighted by Crippen LogP contribution is -2.35. The van der Waals surface area contributed by atoms with Gasteiger partial charge in [-0.3, -0.25) is 0 Å². The number of nitrogens with zero attached hydrogens (tertiary/aromatic N) is 2. The van der Waals surface area contributed by atoms with Gasteiger partial charge in [-0.2, -0.15) is 5.10 Å². The van der Waals surface area contributed by atoms with E-state index in [2.05, 4.69) is 63.2 Å². The van der Waals surface area contributed by atoms with Gasteiger partial charge in [0.1, 0.15) is 0 Å². The van der Waals surface area contributed by atoms with Gasteiger partial charge in [-0.25, -0.2) is 4.68 Å². The molecule has 1 aromatic carbocycles. The molecule has 0 amide bonds. The van der Waals surface area contributed by atoms with Crippen molar-refractivity contribution in [1.82, 2.24) is 15.1 Å². The molecule has 0 saturated carbocycles. The van der Waals surface area contributed by atoms with Crippen molar-refractivity contribution >= 4 is 0 Å². The van der Waals surface area contributed by atoms with E-state index < -0.39 is 0 Å². The molecule has 0 saturated heterocycles. The fourth-order valence-corrected chi connectivity index (χ4v) is 1.94. The molecule has 0 spiro atoms. The number of nitrogens with one attached hydrogen (secondary N) is 1. The standard InChI is InChI=1S/C16H23N3/c1-12-9-18-19(11-12)15-7-6-14(13(2)8-15)10-17-16(3,4)5/h6-9,11,17H,10H2,1-5H3. The van der Waals surface area contributed by atoms with E-state index >= 15 is 0 Å². The van der Waals surface area contributed by atoms with E-state index in [9.17, 15) is 0 Å². The van der Waals surface area contributed by atoms with Crippen molar-refractivity contribution in [3.63, 3.8) is 0 Å². The van der Waals surface area contributed by atoms with Crippen LogP contribution < -0.4 is 5.32 Å². The molecule has 1 heterocycles. The normalized spacial score (nSPS) is 11.8. The first kappa shape index (κ1) is 13.8. The maximum absolute atomic E-state index is 4.34. The highest BCUT2D eigenvalue weighted by Gasteiger charge is 2.10. The zero-order chi connectivity index (χ0) is 14.0. The topological polar surface area (TPSA) is 29.9 Å². The highest BCUT2D eigenvalue weighted by molar-refractivity contribution is 5.39. The number of rotatable bonds is 3. The van der Waals surface area contributed by atoms with Crippen molar-refractivity contribution in [3.05, 3.63) is 47.3 Å². The fraction of sp³-hybridized carbons (Fsp3) is 0.438. The van der Waals surface area contributed by atoms with Gasteiger partial charge in [0, 0.05) is 18.3 Å². The molecule has 0 bridgehead atoms. The molecule has 3 nitrogen and oxygen atoms in total. The van der Waals surface area contributed by atoms with Crippen LogP contribution in [0.15, 0.2) is 30.6 Å². The fourth-order valence-electron chi connectivity index (χ4n) is 1.94. The minimum atomic E-state index is 0.143. The average molecular weight is 257 g/mol. The molecule has 2 rings (SSSR count). The lowest BCUT2D eigenvalue weighted by atomic mass is 10.0. The van der Waals surface area contributed by atoms with Gasteiger partial charge < -0.3 is 5.32 Å². The summed E-state index contributed by atoms with van der Waals surface area (Å²) >= 11 is 0. The number of hydrogen-bond acceptors (Lipinski definition) is 2. The van der Waals surface area contributed by atoms with Crippen molar-refractivity contribution in [3.8, 4) is 5.69 Å². The van der Waals surface area contributed by atoms with E-state index in [1.54, 1.807) is 0 Å². The molecular weight excluding hydrogens is 234 g/mol. The molecule has 2 aromatic rings. The van der Waals surface area contributed by atoms with Crippen molar-refractivity contribution in [2.45, 2.75) is 46.7 Å². The Labute approximate surface area is 115 Å². The summed E-state index contributed by atoms with van der Waals surface area (Å²) in [5.41, 5.74) is 5.07. The van der Waals surface area contributed by atoms with E-state index in [1.165, 1.54) is 16.7 Å². The van der Waals surface area contributed by atoms with Crippen molar-refractivity contribution in [1.29, 1.82) is 0 Å². The smallest absolute Gasteiger partial charge is 0.0648 e. The predicted octanol–water partition coefficient (Wildman–Crippen LogP) is 3.38. The number of aromatic nitrogens is 2. The van der Waals surface area contributed by atoms with Crippen LogP contribution in [0, 0.1) is 13.8 Å². The van der Waals surface area contributed by atoms with Crippen LogP contribution in [-0.2, 0) is 6.54 Å². The maximum atomic E-state index is 4.34. The molecule has 102 valence electrons. The minimum absolute atomic E-state index is 0.143. The largest absolute Gasteiger partial charge is 0.308 e. The molecule has 0 fully saturated rings. The van der Waals surface area contributed by atoms with Crippen LogP contribution in [0.1, 0.15) is 37.5 Å². The van der Waals surface area contributed by atoms with Crippen LogP contribution in [0.2, 0.25) is 0 Å². The van der Waals surface area contributed by atoms with E-state index in [1.807, 2.05) is 17.1 Å². The van der Waals surface area contributed by atoms with Gasteiger partial charge in [0.05, 0.1) is 11.9 Å². The Balaban J connectivity index is 2.18. The SMILES string of the molecule is Cc1cnn(-c2ccc(CNC(C)(C)C)c(C)c2)c1. The Morgan fingerprint density at radius 2 is 1.95 bits per heavy atom. The first-order valence-electron chi connectivity index (χ1n) is 6.71. The van der Waals surface area contributed by atoms with Crippen molar-refractivity contribution < 1.29 is 0 Å². The van der Waals surface area contributed by atoms with E-state index in [4.69, 9.17) is 0 Å². The predicted molar refractivity (Wildman–Crippen MR) is 79.6 cm³/mol. The van der Waals surface area contributed by atoms with Gasteiger partial charge in [-0.05, 0) is 63.4 Å². The van der Waals surface area contributed by atoms with Crippen molar-refractivity contribution in [2.24, 2.45) is 0 Å². The molecule has 3 heteroatoms. The Morgan fingerprint density at radius 1 is 1.21 bits per heavy atom. The lowest BCUT2D eigenvalue weighted by molar-refractivity contribution is 0.424. The van der Waals surface area contributed by atoms with Crippen LogP contribution in [-0.4, -0.2) is 15.3 Å². The monoisotopic (exact) mass is 257 g/mol. The Hall–Kier alpha value is -1.61. The molecule has 0 unspecified atom stereocenters. The minimum Gasteiger partial charge on any atom is -0.308 e. The molecule has 1 aromatic heterocycles. The van der Waals surface area contributed by atoms with E-state index in [0.29, 0.717) is 0 Å². The van der Waals surface area contributed by atoms with Crippen LogP contribution in [0.5, 0.6) is 0 Å². The first-order chi connectivity index (χ1) is 8.85. The van der Waals surface area contributed by atoms with Crippen LogP contribution in [0.3, 0.4) is 0 Å². The van der Waals surface area contributed by atoms with Gasteiger partial charge in [0.25, 0.3) is 0 Å². The third-order valence-corrected chi connectivity index (χ3v) is 3.11.